The van der Waals surface area contributed by atoms with Gasteiger partial charge in [0.15, 0.2) is 5.82 Å². The Morgan fingerprint density at radius 1 is 1.28 bits per heavy atom. The van der Waals surface area contributed by atoms with Gasteiger partial charge in [-0.15, -0.1) is 0 Å². The van der Waals surface area contributed by atoms with Gasteiger partial charge in [0.05, 0.1) is 10.0 Å². The minimum Gasteiger partial charge on any atom is -0.382 e. The molecule has 1 unspecified atom stereocenters. The number of halogens is 3. The summed E-state index contributed by atoms with van der Waals surface area (Å²) < 4.78 is 13.3. The van der Waals surface area contributed by atoms with Crippen LogP contribution in [0.25, 0.3) is 0 Å². The zero-order valence-electron chi connectivity index (χ0n) is 10.7. The Hall–Kier alpha value is -0.470. The van der Waals surface area contributed by atoms with Crippen molar-refractivity contribution in [3.63, 3.8) is 0 Å². The van der Waals surface area contributed by atoms with Crippen LogP contribution in [0.5, 0.6) is 0 Å². The predicted octanol–water partition coefficient (Wildman–Crippen LogP) is 5.51. The van der Waals surface area contributed by atoms with Crippen LogP contribution in [0.1, 0.15) is 39.5 Å². The predicted molar refractivity (Wildman–Crippen MR) is 76.1 cm³/mol. The average molecular weight is 290 g/mol. The number of benzene rings is 1. The highest BCUT2D eigenvalue weighted by Gasteiger charge is 2.27. The second-order valence-electron chi connectivity index (χ2n) is 5.86. The molecule has 18 heavy (non-hydrogen) atoms. The molecule has 0 heterocycles. The van der Waals surface area contributed by atoms with Crippen molar-refractivity contribution in [1.29, 1.82) is 0 Å². The summed E-state index contributed by atoms with van der Waals surface area (Å²) in [6.45, 7) is 4.57. The molecule has 0 amide bonds. The standard InChI is InChI=1S/C14H18Cl2FN/c1-14(2)5-3-4-9(8-14)18-10-6-11(15)13(17)12(16)7-10/h6-7,9,18H,3-5,8H2,1-2H3. The fourth-order valence-corrected chi connectivity index (χ4v) is 3.18. The summed E-state index contributed by atoms with van der Waals surface area (Å²) in [6, 6.07) is 3.61. The van der Waals surface area contributed by atoms with Crippen LogP contribution in [-0.2, 0) is 0 Å². The molecule has 0 aliphatic heterocycles. The second kappa shape index (κ2) is 5.26. The third-order valence-electron chi connectivity index (χ3n) is 3.56. The Bertz CT molecular complexity index is 422. The van der Waals surface area contributed by atoms with Gasteiger partial charge >= 0.3 is 0 Å². The van der Waals surface area contributed by atoms with E-state index in [-0.39, 0.29) is 10.0 Å². The third kappa shape index (κ3) is 3.30. The summed E-state index contributed by atoms with van der Waals surface area (Å²) in [5.74, 6) is -0.548. The van der Waals surface area contributed by atoms with E-state index < -0.39 is 5.82 Å². The largest absolute Gasteiger partial charge is 0.382 e. The average Bonchev–Trinajstić information content (AvgIpc) is 2.24. The maximum Gasteiger partial charge on any atom is 0.160 e. The lowest BCUT2D eigenvalue weighted by molar-refractivity contribution is 0.229. The monoisotopic (exact) mass is 289 g/mol. The quantitative estimate of drug-likeness (QED) is 0.708. The first-order valence-corrected chi connectivity index (χ1v) is 7.04. The lowest BCUT2D eigenvalue weighted by Crippen LogP contribution is -2.31. The Balaban J connectivity index is 2.10. The molecule has 0 radical (unpaired) electrons. The first kappa shape index (κ1) is 14.0. The van der Waals surface area contributed by atoms with Crippen LogP contribution in [0.2, 0.25) is 10.0 Å². The van der Waals surface area contributed by atoms with Crippen molar-refractivity contribution >= 4 is 28.9 Å². The minimum atomic E-state index is -0.548. The molecule has 4 heteroatoms. The summed E-state index contributed by atoms with van der Waals surface area (Å²) in [6.07, 6.45) is 4.72. The molecule has 1 aromatic carbocycles. The van der Waals surface area contributed by atoms with E-state index in [1.807, 2.05) is 0 Å². The Morgan fingerprint density at radius 3 is 2.44 bits per heavy atom. The van der Waals surface area contributed by atoms with E-state index in [1.165, 1.54) is 12.8 Å². The smallest absolute Gasteiger partial charge is 0.160 e. The van der Waals surface area contributed by atoms with E-state index in [4.69, 9.17) is 23.2 Å². The molecule has 1 atom stereocenters. The number of rotatable bonds is 2. The van der Waals surface area contributed by atoms with Crippen molar-refractivity contribution in [3.8, 4) is 0 Å². The normalized spacial score (nSPS) is 22.8. The van der Waals surface area contributed by atoms with E-state index >= 15 is 0 Å². The molecule has 0 saturated heterocycles. The van der Waals surface area contributed by atoms with E-state index in [2.05, 4.69) is 19.2 Å². The van der Waals surface area contributed by atoms with Gasteiger partial charge in [-0.1, -0.05) is 43.5 Å². The van der Waals surface area contributed by atoms with Crippen molar-refractivity contribution in [2.45, 2.75) is 45.6 Å². The molecule has 0 spiro atoms. The minimum absolute atomic E-state index is 0.0695. The first-order chi connectivity index (χ1) is 8.37. The molecule has 0 bridgehead atoms. The molecule has 1 aliphatic carbocycles. The summed E-state index contributed by atoms with van der Waals surface area (Å²) in [5, 5.41) is 3.55. The Kier molecular flexibility index (Phi) is 4.08. The van der Waals surface area contributed by atoms with E-state index in [9.17, 15) is 4.39 Å². The molecule has 2 rings (SSSR count). The maximum atomic E-state index is 13.3. The highest BCUT2D eigenvalue weighted by atomic mass is 35.5. The zero-order chi connectivity index (χ0) is 13.3. The summed E-state index contributed by atoms with van der Waals surface area (Å²) in [5.41, 5.74) is 1.16. The maximum absolute atomic E-state index is 13.3. The van der Waals surface area contributed by atoms with Gasteiger partial charge in [-0.05, 0) is 36.8 Å². The topological polar surface area (TPSA) is 12.0 Å². The van der Waals surface area contributed by atoms with Crippen molar-refractivity contribution in [2.75, 3.05) is 5.32 Å². The van der Waals surface area contributed by atoms with E-state index in [0.717, 1.165) is 18.5 Å². The molecular weight excluding hydrogens is 272 g/mol. The summed E-state index contributed by atoms with van der Waals surface area (Å²) >= 11 is 11.6. The summed E-state index contributed by atoms with van der Waals surface area (Å²) in [4.78, 5) is 0. The van der Waals surface area contributed by atoms with Gasteiger partial charge < -0.3 is 5.32 Å². The fourth-order valence-electron chi connectivity index (χ4n) is 2.70. The van der Waals surface area contributed by atoms with Gasteiger partial charge in [-0.3, -0.25) is 0 Å². The van der Waals surface area contributed by atoms with Crippen LogP contribution in [0.15, 0.2) is 12.1 Å². The Morgan fingerprint density at radius 2 is 1.89 bits per heavy atom. The SMILES string of the molecule is CC1(C)CCCC(Nc2cc(Cl)c(F)c(Cl)c2)C1. The lowest BCUT2D eigenvalue weighted by Gasteiger charge is -2.36. The molecule has 1 aliphatic rings. The van der Waals surface area contributed by atoms with Gasteiger partial charge in [-0.2, -0.15) is 0 Å². The molecule has 1 fully saturated rings. The first-order valence-electron chi connectivity index (χ1n) is 6.28. The summed E-state index contributed by atoms with van der Waals surface area (Å²) in [7, 11) is 0. The van der Waals surface area contributed by atoms with Crippen molar-refractivity contribution < 1.29 is 4.39 Å². The molecule has 0 aromatic heterocycles. The van der Waals surface area contributed by atoms with Gasteiger partial charge in [-0.25, -0.2) is 4.39 Å². The molecule has 1 aromatic rings. The molecule has 1 N–H and O–H groups in total. The zero-order valence-corrected chi connectivity index (χ0v) is 12.2. The van der Waals surface area contributed by atoms with Crippen LogP contribution in [0.4, 0.5) is 10.1 Å². The lowest BCUT2D eigenvalue weighted by atomic mass is 9.75. The highest BCUT2D eigenvalue weighted by molar-refractivity contribution is 6.35. The molecule has 100 valence electrons. The highest BCUT2D eigenvalue weighted by Crippen LogP contribution is 2.37. The number of anilines is 1. The van der Waals surface area contributed by atoms with Crippen molar-refractivity contribution in [1.82, 2.24) is 0 Å². The van der Waals surface area contributed by atoms with Crippen LogP contribution in [-0.4, -0.2) is 6.04 Å². The van der Waals surface area contributed by atoms with Gasteiger partial charge in [0, 0.05) is 11.7 Å². The molecule has 1 nitrogen and oxygen atoms in total. The van der Waals surface area contributed by atoms with Crippen molar-refractivity contribution in [2.24, 2.45) is 5.41 Å². The Labute approximate surface area is 118 Å². The number of hydrogen-bond donors (Lipinski definition) is 1. The second-order valence-corrected chi connectivity index (χ2v) is 6.67. The fraction of sp³-hybridized carbons (Fsp3) is 0.571. The van der Waals surface area contributed by atoms with Gasteiger partial charge in [0.1, 0.15) is 0 Å². The molecular formula is C14H18Cl2FN. The van der Waals surface area contributed by atoms with E-state index in [1.54, 1.807) is 12.1 Å². The number of hydrogen-bond acceptors (Lipinski definition) is 1. The van der Waals surface area contributed by atoms with Crippen LogP contribution >= 0.6 is 23.2 Å². The van der Waals surface area contributed by atoms with Crippen LogP contribution < -0.4 is 5.32 Å². The van der Waals surface area contributed by atoms with E-state index in [0.29, 0.717) is 11.5 Å². The van der Waals surface area contributed by atoms with Crippen LogP contribution in [0.3, 0.4) is 0 Å². The van der Waals surface area contributed by atoms with Crippen LogP contribution in [0, 0.1) is 11.2 Å². The van der Waals surface area contributed by atoms with Crippen molar-refractivity contribution in [3.05, 3.63) is 28.0 Å². The van der Waals surface area contributed by atoms with Gasteiger partial charge in [0.25, 0.3) is 0 Å². The molecule has 1 saturated carbocycles. The third-order valence-corrected chi connectivity index (χ3v) is 4.11. The number of nitrogens with one attached hydrogen (secondary N) is 1. The van der Waals surface area contributed by atoms with Gasteiger partial charge in [0.2, 0.25) is 0 Å².